The first-order valence-corrected chi connectivity index (χ1v) is 8.46. The minimum atomic E-state index is -0.658. The third-order valence-electron chi connectivity index (χ3n) is 3.64. The fourth-order valence-electron chi connectivity index (χ4n) is 2.30. The molecule has 2 aromatic rings. The van der Waals surface area contributed by atoms with Crippen LogP contribution in [0.4, 0.5) is 5.69 Å². The Hall–Kier alpha value is -3.02. The Morgan fingerprint density at radius 3 is 2.35 bits per heavy atom. The summed E-state index contributed by atoms with van der Waals surface area (Å²) in [4.78, 5) is 24.3. The topological polar surface area (TPSA) is 73.9 Å². The molecule has 1 atom stereocenters. The summed E-state index contributed by atoms with van der Waals surface area (Å²) in [6.45, 7) is 3.90. The van der Waals surface area contributed by atoms with Crippen LogP contribution < -0.4 is 14.8 Å². The van der Waals surface area contributed by atoms with Crippen LogP contribution in [0.3, 0.4) is 0 Å². The number of ether oxygens (including phenoxy) is 3. The standard InChI is InChI=1S/C20H23NO5/c1-4-18(26-17-11-9-16(24-3)10-12-17)19(22)21-15-8-6-7-14(13-15)20(23)25-5-2/h6-13,18H,4-5H2,1-3H3,(H,21,22)/t18-/m0/s1. The Morgan fingerprint density at radius 1 is 1.04 bits per heavy atom. The first kappa shape index (κ1) is 19.3. The molecular formula is C20H23NO5. The van der Waals surface area contributed by atoms with Gasteiger partial charge >= 0.3 is 5.97 Å². The van der Waals surface area contributed by atoms with Crippen LogP contribution >= 0.6 is 0 Å². The molecule has 138 valence electrons. The number of hydrogen-bond acceptors (Lipinski definition) is 5. The second kappa shape index (κ2) is 9.46. The average Bonchev–Trinajstić information content (AvgIpc) is 2.67. The number of rotatable bonds is 8. The molecule has 6 nitrogen and oxygen atoms in total. The summed E-state index contributed by atoms with van der Waals surface area (Å²) >= 11 is 0. The molecule has 1 N–H and O–H groups in total. The molecule has 0 heterocycles. The van der Waals surface area contributed by atoms with Crippen LogP contribution in [0.2, 0.25) is 0 Å². The maximum absolute atomic E-state index is 12.5. The number of methoxy groups -OCH3 is 1. The second-order valence-electron chi connectivity index (χ2n) is 5.48. The molecule has 0 saturated heterocycles. The van der Waals surface area contributed by atoms with Crippen molar-refractivity contribution in [1.29, 1.82) is 0 Å². The van der Waals surface area contributed by atoms with Crippen LogP contribution in [-0.4, -0.2) is 31.7 Å². The number of nitrogens with one attached hydrogen (secondary N) is 1. The SMILES string of the molecule is CCOC(=O)c1cccc(NC(=O)[C@H](CC)Oc2ccc(OC)cc2)c1. The Kier molecular flexibility index (Phi) is 7.02. The summed E-state index contributed by atoms with van der Waals surface area (Å²) in [5.41, 5.74) is 0.895. The first-order valence-electron chi connectivity index (χ1n) is 8.46. The van der Waals surface area contributed by atoms with Crippen molar-refractivity contribution < 1.29 is 23.8 Å². The molecule has 1 amide bonds. The number of hydrogen-bond donors (Lipinski definition) is 1. The lowest BCUT2D eigenvalue weighted by molar-refractivity contribution is -0.122. The van der Waals surface area contributed by atoms with Gasteiger partial charge in [0.1, 0.15) is 11.5 Å². The van der Waals surface area contributed by atoms with Gasteiger partial charge in [-0.05, 0) is 55.8 Å². The third-order valence-corrected chi connectivity index (χ3v) is 3.64. The van der Waals surface area contributed by atoms with Crippen LogP contribution in [-0.2, 0) is 9.53 Å². The van der Waals surface area contributed by atoms with E-state index < -0.39 is 12.1 Å². The normalized spacial score (nSPS) is 11.3. The maximum atomic E-state index is 12.5. The third kappa shape index (κ3) is 5.24. The van der Waals surface area contributed by atoms with E-state index in [9.17, 15) is 9.59 Å². The Balaban J connectivity index is 2.04. The van der Waals surface area contributed by atoms with E-state index in [-0.39, 0.29) is 5.91 Å². The van der Waals surface area contributed by atoms with Gasteiger partial charge in [-0.3, -0.25) is 4.79 Å². The summed E-state index contributed by atoms with van der Waals surface area (Å²) in [5, 5.41) is 2.78. The molecule has 26 heavy (non-hydrogen) atoms. The maximum Gasteiger partial charge on any atom is 0.338 e. The summed E-state index contributed by atoms with van der Waals surface area (Å²) in [6, 6.07) is 13.6. The Labute approximate surface area is 153 Å². The summed E-state index contributed by atoms with van der Waals surface area (Å²) in [6.07, 6.45) is -0.162. The molecule has 0 aliphatic heterocycles. The van der Waals surface area contributed by atoms with Crippen LogP contribution in [0.5, 0.6) is 11.5 Å². The van der Waals surface area contributed by atoms with Crippen LogP contribution in [0.1, 0.15) is 30.6 Å². The highest BCUT2D eigenvalue weighted by molar-refractivity contribution is 5.96. The van der Waals surface area contributed by atoms with Gasteiger partial charge in [-0.25, -0.2) is 4.79 Å². The highest BCUT2D eigenvalue weighted by atomic mass is 16.5. The van der Waals surface area contributed by atoms with Gasteiger partial charge in [0.15, 0.2) is 6.10 Å². The summed E-state index contributed by atoms with van der Waals surface area (Å²) in [7, 11) is 1.59. The van der Waals surface area contributed by atoms with Crippen molar-refractivity contribution in [2.45, 2.75) is 26.4 Å². The van der Waals surface area contributed by atoms with Crippen molar-refractivity contribution in [1.82, 2.24) is 0 Å². The molecular weight excluding hydrogens is 334 g/mol. The van der Waals surface area contributed by atoms with E-state index in [1.54, 1.807) is 62.6 Å². The molecule has 0 spiro atoms. The van der Waals surface area contributed by atoms with Gasteiger partial charge in [0.2, 0.25) is 0 Å². The fourth-order valence-corrected chi connectivity index (χ4v) is 2.30. The predicted molar refractivity (Wildman–Crippen MR) is 98.7 cm³/mol. The molecule has 0 aliphatic carbocycles. The number of anilines is 1. The van der Waals surface area contributed by atoms with Crippen molar-refractivity contribution in [2.75, 3.05) is 19.0 Å². The first-order chi connectivity index (χ1) is 12.6. The lowest BCUT2D eigenvalue weighted by atomic mass is 10.2. The van der Waals surface area contributed by atoms with E-state index in [0.717, 1.165) is 0 Å². The smallest absolute Gasteiger partial charge is 0.338 e. The fraction of sp³-hybridized carbons (Fsp3) is 0.300. The van der Waals surface area contributed by atoms with Crippen LogP contribution in [0, 0.1) is 0 Å². The van der Waals surface area contributed by atoms with E-state index in [0.29, 0.717) is 35.8 Å². The van der Waals surface area contributed by atoms with E-state index in [1.165, 1.54) is 0 Å². The van der Waals surface area contributed by atoms with Gasteiger partial charge in [-0.15, -0.1) is 0 Å². The quantitative estimate of drug-likeness (QED) is 0.730. The van der Waals surface area contributed by atoms with Gasteiger partial charge in [0, 0.05) is 5.69 Å². The highest BCUT2D eigenvalue weighted by Crippen LogP contribution is 2.20. The molecule has 0 aliphatic rings. The largest absolute Gasteiger partial charge is 0.497 e. The number of carbonyl (C=O) groups excluding carboxylic acids is 2. The number of amides is 1. The summed E-state index contributed by atoms with van der Waals surface area (Å²) < 4.78 is 15.8. The van der Waals surface area contributed by atoms with Crippen molar-refractivity contribution in [3.8, 4) is 11.5 Å². The zero-order valence-corrected chi connectivity index (χ0v) is 15.2. The van der Waals surface area contributed by atoms with Crippen LogP contribution in [0.25, 0.3) is 0 Å². The minimum Gasteiger partial charge on any atom is -0.497 e. The van der Waals surface area contributed by atoms with E-state index in [2.05, 4.69) is 5.32 Å². The minimum absolute atomic E-state index is 0.288. The zero-order valence-electron chi connectivity index (χ0n) is 15.2. The average molecular weight is 357 g/mol. The highest BCUT2D eigenvalue weighted by Gasteiger charge is 2.19. The molecule has 0 fully saturated rings. The van der Waals surface area contributed by atoms with Gasteiger partial charge in [-0.1, -0.05) is 13.0 Å². The monoisotopic (exact) mass is 357 g/mol. The number of carbonyl (C=O) groups is 2. The molecule has 0 radical (unpaired) electrons. The second-order valence-corrected chi connectivity index (χ2v) is 5.48. The van der Waals surface area contributed by atoms with Crippen molar-refractivity contribution >= 4 is 17.6 Å². The van der Waals surface area contributed by atoms with Gasteiger partial charge in [0.05, 0.1) is 19.3 Å². The Bertz CT molecular complexity index is 742. The molecule has 0 bridgehead atoms. The van der Waals surface area contributed by atoms with E-state index in [1.807, 2.05) is 6.92 Å². The molecule has 6 heteroatoms. The zero-order chi connectivity index (χ0) is 18.9. The summed E-state index contributed by atoms with van der Waals surface area (Å²) in [5.74, 6) is 0.577. The Morgan fingerprint density at radius 2 is 1.73 bits per heavy atom. The molecule has 0 unspecified atom stereocenters. The van der Waals surface area contributed by atoms with Crippen LogP contribution in [0.15, 0.2) is 48.5 Å². The molecule has 0 aromatic heterocycles. The van der Waals surface area contributed by atoms with Gasteiger partial charge < -0.3 is 19.5 Å². The molecule has 2 rings (SSSR count). The lowest BCUT2D eigenvalue weighted by Gasteiger charge is -2.17. The van der Waals surface area contributed by atoms with E-state index in [4.69, 9.17) is 14.2 Å². The van der Waals surface area contributed by atoms with Crippen molar-refractivity contribution in [2.24, 2.45) is 0 Å². The van der Waals surface area contributed by atoms with Crippen molar-refractivity contribution in [3.05, 3.63) is 54.1 Å². The van der Waals surface area contributed by atoms with E-state index >= 15 is 0 Å². The molecule has 2 aromatic carbocycles. The van der Waals surface area contributed by atoms with Gasteiger partial charge in [0.25, 0.3) is 5.91 Å². The predicted octanol–water partition coefficient (Wildman–Crippen LogP) is 3.67. The lowest BCUT2D eigenvalue weighted by Crippen LogP contribution is -2.32. The van der Waals surface area contributed by atoms with Crippen molar-refractivity contribution in [3.63, 3.8) is 0 Å². The number of esters is 1. The molecule has 0 saturated carbocycles. The van der Waals surface area contributed by atoms with Gasteiger partial charge in [-0.2, -0.15) is 0 Å². The number of benzene rings is 2.